The van der Waals surface area contributed by atoms with Crippen molar-refractivity contribution in [2.75, 3.05) is 13.1 Å². The quantitative estimate of drug-likeness (QED) is 0.838. The first-order chi connectivity index (χ1) is 10.0. The zero-order chi connectivity index (χ0) is 15.5. The van der Waals surface area contributed by atoms with Crippen molar-refractivity contribution in [3.05, 3.63) is 0 Å². The molecule has 0 aromatic heterocycles. The van der Waals surface area contributed by atoms with E-state index in [4.69, 9.17) is 0 Å². The van der Waals surface area contributed by atoms with Gasteiger partial charge in [-0.2, -0.15) is 0 Å². The minimum atomic E-state index is -1.05. The van der Waals surface area contributed by atoms with E-state index < -0.39 is 11.5 Å². The maximum atomic E-state index is 12.4. The number of hydrogen-bond donors (Lipinski definition) is 2. The van der Waals surface area contributed by atoms with E-state index >= 15 is 0 Å². The zero-order valence-corrected chi connectivity index (χ0v) is 13.2. The van der Waals surface area contributed by atoms with Gasteiger partial charge in [-0.15, -0.1) is 0 Å². The first-order valence-corrected chi connectivity index (χ1v) is 8.31. The van der Waals surface area contributed by atoms with Gasteiger partial charge >= 0.3 is 12.0 Å². The summed E-state index contributed by atoms with van der Waals surface area (Å²) in [5.74, 6) is 0.287. The standard InChI is InChI=1S/C16H28N2O3/c1-3-12-5-8-16(9-6-12,14(19)20)17-15(21)18-10-7-13(4-2)11-18/h12-13H,3-11H2,1-2H3,(H,17,21)(H,19,20). The van der Waals surface area contributed by atoms with Crippen LogP contribution in [0.15, 0.2) is 0 Å². The number of amides is 2. The van der Waals surface area contributed by atoms with Gasteiger partial charge in [-0.3, -0.25) is 0 Å². The smallest absolute Gasteiger partial charge is 0.329 e. The lowest BCUT2D eigenvalue weighted by atomic mass is 9.75. The molecule has 2 fully saturated rings. The fourth-order valence-corrected chi connectivity index (χ4v) is 3.61. The van der Waals surface area contributed by atoms with Gasteiger partial charge in [0.1, 0.15) is 5.54 Å². The molecule has 1 saturated heterocycles. The largest absolute Gasteiger partial charge is 0.480 e. The summed E-state index contributed by atoms with van der Waals surface area (Å²) in [7, 11) is 0. The molecule has 0 radical (unpaired) electrons. The molecule has 2 rings (SSSR count). The molecule has 1 unspecified atom stereocenters. The summed E-state index contributed by atoms with van der Waals surface area (Å²) in [4.78, 5) is 25.9. The van der Waals surface area contributed by atoms with E-state index in [2.05, 4.69) is 19.2 Å². The van der Waals surface area contributed by atoms with Gasteiger partial charge in [-0.05, 0) is 43.9 Å². The molecule has 0 bridgehead atoms. The van der Waals surface area contributed by atoms with Gasteiger partial charge in [0.2, 0.25) is 0 Å². The van der Waals surface area contributed by atoms with E-state index in [1.54, 1.807) is 4.90 Å². The van der Waals surface area contributed by atoms with Crippen molar-refractivity contribution in [2.45, 2.75) is 64.3 Å². The van der Waals surface area contributed by atoms with Gasteiger partial charge in [-0.1, -0.05) is 26.7 Å². The number of carbonyl (C=O) groups excluding carboxylic acids is 1. The van der Waals surface area contributed by atoms with Crippen LogP contribution in [-0.2, 0) is 4.79 Å². The Morgan fingerprint density at radius 3 is 2.24 bits per heavy atom. The average molecular weight is 296 g/mol. The number of rotatable bonds is 4. The number of nitrogens with one attached hydrogen (secondary N) is 1. The molecule has 21 heavy (non-hydrogen) atoms. The second-order valence-corrected chi connectivity index (χ2v) is 6.68. The van der Waals surface area contributed by atoms with Crippen LogP contribution in [0.4, 0.5) is 4.79 Å². The third-order valence-electron chi connectivity index (χ3n) is 5.44. The Morgan fingerprint density at radius 2 is 1.76 bits per heavy atom. The second-order valence-electron chi connectivity index (χ2n) is 6.68. The Bertz CT molecular complexity index is 389. The Hall–Kier alpha value is -1.26. The molecule has 0 spiro atoms. The number of aliphatic carboxylic acids is 1. The highest BCUT2D eigenvalue weighted by atomic mass is 16.4. The number of carbonyl (C=O) groups is 2. The number of hydrogen-bond acceptors (Lipinski definition) is 2. The normalized spacial score (nSPS) is 33.0. The second kappa shape index (κ2) is 6.67. The van der Waals surface area contributed by atoms with Gasteiger partial charge in [0.05, 0.1) is 0 Å². The molecule has 0 aromatic rings. The van der Waals surface area contributed by atoms with Crippen molar-refractivity contribution >= 4 is 12.0 Å². The lowest BCUT2D eigenvalue weighted by Crippen LogP contribution is -2.59. The Morgan fingerprint density at radius 1 is 1.14 bits per heavy atom. The van der Waals surface area contributed by atoms with Crippen LogP contribution in [0.25, 0.3) is 0 Å². The van der Waals surface area contributed by atoms with Crippen LogP contribution in [0.2, 0.25) is 0 Å². The molecule has 2 N–H and O–H groups in total. The van der Waals surface area contributed by atoms with E-state index in [0.29, 0.717) is 24.7 Å². The molecule has 1 heterocycles. The summed E-state index contributed by atoms with van der Waals surface area (Å²) in [6.45, 7) is 5.79. The van der Waals surface area contributed by atoms with Crippen molar-refractivity contribution in [1.82, 2.24) is 10.2 Å². The molecule has 120 valence electrons. The third-order valence-corrected chi connectivity index (χ3v) is 5.44. The van der Waals surface area contributed by atoms with Crippen LogP contribution in [0.5, 0.6) is 0 Å². The lowest BCUT2D eigenvalue weighted by molar-refractivity contribution is -0.146. The monoisotopic (exact) mass is 296 g/mol. The number of likely N-dealkylation sites (tertiary alicyclic amines) is 1. The fraction of sp³-hybridized carbons (Fsp3) is 0.875. The van der Waals surface area contributed by atoms with E-state index in [1.807, 2.05) is 0 Å². The van der Waals surface area contributed by atoms with Crippen LogP contribution in [0.1, 0.15) is 58.8 Å². The minimum Gasteiger partial charge on any atom is -0.480 e. The highest BCUT2D eigenvalue weighted by Gasteiger charge is 2.44. The molecular weight excluding hydrogens is 268 g/mol. The van der Waals surface area contributed by atoms with Gasteiger partial charge in [0.25, 0.3) is 0 Å². The minimum absolute atomic E-state index is 0.191. The highest BCUT2D eigenvalue weighted by molar-refractivity contribution is 5.86. The average Bonchev–Trinajstić information content (AvgIpc) is 2.97. The zero-order valence-electron chi connectivity index (χ0n) is 13.2. The maximum Gasteiger partial charge on any atom is 0.329 e. The maximum absolute atomic E-state index is 12.4. The molecule has 5 heteroatoms. The molecular formula is C16H28N2O3. The van der Waals surface area contributed by atoms with E-state index in [9.17, 15) is 14.7 Å². The van der Waals surface area contributed by atoms with Crippen LogP contribution in [-0.4, -0.2) is 40.6 Å². The van der Waals surface area contributed by atoms with E-state index in [1.165, 1.54) is 0 Å². The van der Waals surface area contributed by atoms with Crippen molar-refractivity contribution in [3.63, 3.8) is 0 Å². The Kier molecular flexibility index (Phi) is 5.12. The summed E-state index contributed by atoms with van der Waals surface area (Å²) < 4.78 is 0. The van der Waals surface area contributed by atoms with Crippen molar-refractivity contribution in [3.8, 4) is 0 Å². The molecule has 1 aliphatic heterocycles. The van der Waals surface area contributed by atoms with E-state index in [-0.39, 0.29) is 6.03 Å². The van der Waals surface area contributed by atoms with Crippen LogP contribution in [0.3, 0.4) is 0 Å². The first kappa shape index (κ1) is 16.1. The van der Waals surface area contributed by atoms with Gasteiger partial charge in [0, 0.05) is 13.1 Å². The third kappa shape index (κ3) is 3.50. The topological polar surface area (TPSA) is 69.6 Å². The predicted molar refractivity (Wildman–Crippen MR) is 81.1 cm³/mol. The molecule has 0 aromatic carbocycles. The number of carboxylic acid groups (broad SMARTS) is 1. The summed E-state index contributed by atoms with van der Waals surface area (Å²) in [5, 5.41) is 12.5. The van der Waals surface area contributed by atoms with Crippen LogP contribution < -0.4 is 5.32 Å². The van der Waals surface area contributed by atoms with Crippen LogP contribution in [0, 0.1) is 11.8 Å². The molecule has 1 saturated carbocycles. The Labute approximate surface area is 127 Å². The van der Waals surface area contributed by atoms with E-state index in [0.717, 1.165) is 45.2 Å². The summed E-state index contributed by atoms with van der Waals surface area (Å²) in [5.41, 5.74) is -1.05. The summed E-state index contributed by atoms with van der Waals surface area (Å²) in [6.07, 6.45) is 6.08. The molecule has 2 amide bonds. The van der Waals surface area contributed by atoms with Gasteiger partial charge in [-0.25, -0.2) is 9.59 Å². The SMILES string of the molecule is CCC1CCC(NC(=O)N2CCC(CC)C2)(C(=O)O)CC1. The molecule has 5 nitrogen and oxygen atoms in total. The summed E-state index contributed by atoms with van der Waals surface area (Å²) in [6, 6.07) is -0.191. The van der Waals surface area contributed by atoms with Gasteiger partial charge < -0.3 is 15.3 Å². The summed E-state index contributed by atoms with van der Waals surface area (Å²) >= 11 is 0. The number of carboxylic acids is 1. The molecule has 1 aliphatic carbocycles. The number of urea groups is 1. The molecule has 1 atom stereocenters. The van der Waals surface area contributed by atoms with Crippen molar-refractivity contribution in [2.24, 2.45) is 11.8 Å². The van der Waals surface area contributed by atoms with Gasteiger partial charge in [0.15, 0.2) is 0 Å². The van der Waals surface area contributed by atoms with Crippen LogP contribution >= 0.6 is 0 Å². The predicted octanol–water partition coefficient (Wildman–Crippen LogP) is 2.85. The lowest BCUT2D eigenvalue weighted by Gasteiger charge is -2.38. The first-order valence-electron chi connectivity index (χ1n) is 8.31. The van der Waals surface area contributed by atoms with Crippen molar-refractivity contribution < 1.29 is 14.7 Å². The molecule has 2 aliphatic rings. The number of nitrogens with zero attached hydrogens (tertiary/aromatic N) is 1. The highest BCUT2D eigenvalue weighted by Crippen LogP contribution is 2.34. The Balaban J connectivity index is 1.97. The van der Waals surface area contributed by atoms with Crippen molar-refractivity contribution in [1.29, 1.82) is 0 Å². The fourth-order valence-electron chi connectivity index (χ4n) is 3.61.